The highest BCUT2D eigenvalue weighted by molar-refractivity contribution is 5.76. The summed E-state index contributed by atoms with van der Waals surface area (Å²) in [6.07, 6.45) is 2.46. The molecule has 3 heterocycles. The maximum atomic E-state index is 12.2. The molecular formula is C15H18N4O3. The number of aromatic nitrogens is 3. The Hall–Kier alpha value is -2.28. The van der Waals surface area contributed by atoms with Gasteiger partial charge in [0, 0.05) is 25.6 Å². The highest BCUT2D eigenvalue weighted by Gasteiger charge is 2.23. The number of morpholine rings is 1. The van der Waals surface area contributed by atoms with Crippen LogP contribution in [-0.2, 0) is 16.0 Å². The van der Waals surface area contributed by atoms with Gasteiger partial charge >= 0.3 is 0 Å². The lowest BCUT2D eigenvalue weighted by Crippen LogP contribution is -2.47. The Labute approximate surface area is 128 Å². The summed E-state index contributed by atoms with van der Waals surface area (Å²) in [5.41, 5.74) is 0.658. The van der Waals surface area contributed by atoms with Gasteiger partial charge in [-0.05, 0) is 19.1 Å². The highest BCUT2D eigenvalue weighted by Crippen LogP contribution is 2.14. The van der Waals surface area contributed by atoms with Crippen LogP contribution in [0.25, 0.3) is 11.5 Å². The molecule has 7 heteroatoms. The van der Waals surface area contributed by atoms with Crippen LogP contribution < -0.4 is 0 Å². The van der Waals surface area contributed by atoms with E-state index >= 15 is 0 Å². The zero-order valence-corrected chi connectivity index (χ0v) is 12.4. The van der Waals surface area contributed by atoms with Gasteiger partial charge in [0.25, 0.3) is 0 Å². The third kappa shape index (κ3) is 3.30. The largest absolute Gasteiger partial charge is 0.377 e. The van der Waals surface area contributed by atoms with E-state index < -0.39 is 0 Å². The van der Waals surface area contributed by atoms with E-state index in [1.165, 1.54) is 0 Å². The number of ether oxygens (including phenoxy) is 1. The molecule has 0 spiro atoms. The first kappa shape index (κ1) is 14.6. The number of nitrogens with zero attached hydrogens (tertiary/aromatic N) is 4. The second-order valence-electron chi connectivity index (χ2n) is 5.24. The van der Waals surface area contributed by atoms with Crippen LogP contribution in [-0.4, -0.2) is 51.7 Å². The zero-order chi connectivity index (χ0) is 15.4. The molecule has 1 aliphatic rings. The van der Waals surface area contributed by atoms with Crippen LogP contribution in [0.2, 0.25) is 0 Å². The summed E-state index contributed by atoms with van der Waals surface area (Å²) in [5.74, 6) is 0.992. The summed E-state index contributed by atoms with van der Waals surface area (Å²) in [6.45, 7) is 3.82. The van der Waals surface area contributed by atoms with Crippen molar-refractivity contribution >= 4 is 5.91 Å². The van der Waals surface area contributed by atoms with Gasteiger partial charge in [0.05, 0.1) is 19.3 Å². The van der Waals surface area contributed by atoms with Crippen LogP contribution >= 0.6 is 0 Å². The topological polar surface area (TPSA) is 81.4 Å². The number of pyridine rings is 1. The molecule has 0 radical (unpaired) electrons. The van der Waals surface area contributed by atoms with Crippen molar-refractivity contribution in [2.24, 2.45) is 0 Å². The summed E-state index contributed by atoms with van der Waals surface area (Å²) in [6, 6.07) is 5.62. The summed E-state index contributed by atoms with van der Waals surface area (Å²) in [5, 5.41) is 3.90. The maximum absolute atomic E-state index is 12.2. The van der Waals surface area contributed by atoms with E-state index in [1.807, 2.05) is 30.0 Å². The molecule has 116 valence electrons. The number of rotatable bonds is 4. The molecule has 0 N–H and O–H groups in total. The average molecular weight is 302 g/mol. The molecule has 1 atom stereocenters. The SMILES string of the molecule is CC1COCCN1C(=O)CCc1nc(-c2ccccn2)no1. The van der Waals surface area contributed by atoms with E-state index in [1.54, 1.807) is 6.20 Å². The second kappa shape index (κ2) is 6.65. The van der Waals surface area contributed by atoms with Crippen LogP contribution in [0.1, 0.15) is 19.2 Å². The van der Waals surface area contributed by atoms with Crippen molar-refractivity contribution in [1.82, 2.24) is 20.0 Å². The minimum atomic E-state index is 0.0911. The Bertz CT molecular complexity index is 629. The van der Waals surface area contributed by atoms with Crippen LogP contribution in [0.15, 0.2) is 28.9 Å². The quantitative estimate of drug-likeness (QED) is 0.847. The fraction of sp³-hybridized carbons (Fsp3) is 0.467. The standard InChI is InChI=1S/C15H18N4O3/c1-11-10-21-9-8-19(11)14(20)6-5-13-17-15(18-22-13)12-4-2-3-7-16-12/h2-4,7,11H,5-6,8-10H2,1H3. The molecular weight excluding hydrogens is 284 g/mol. The third-order valence-electron chi connectivity index (χ3n) is 3.60. The fourth-order valence-corrected chi connectivity index (χ4v) is 2.41. The Kier molecular flexibility index (Phi) is 4.43. The predicted molar refractivity (Wildman–Crippen MR) is 77.8 cm³/mol. The van der Waals surface area contributed by atoms with Gasteiger partial charge in [0.2, 0.25) is 17.6 Å². The molecule has 0 aromatic carbocycles. The van der Waals surface area contributed by atoms with E-state index in [2.05, 4.69) is 15.1 Å². The van der Waals surface area contributed by atoms with Crippen molar-refractivity contribution < 1.29 is 14.1 Å². The molecule has 1 amide bonds. The van der Waals surface area contributed by atoms with E-state index in [4.69, 9.17) is 9.26 Å². The monoisotopic (exact) mass is 302 g/mol. The molecule has 0 aliphatic carbocycles. The molecule has 1 saturated heterocycles. The number of carbonyl (C=O) groups excluding carboxylic acids is 1. The van der Waals surface area contributed by atoms with E-state index in [0.717, 1.165) is 0 Å². The minimum absolute atomic E-state index is 0.0911. The van der Waals surface area contributed by atoms with Crippen LogP contribution in [0, 0.1) is 0 Å². The summed E-state index contributed by atoms with van der Waals surface area (Å²) in [4.78, 5) is 22.5. The molecule has 3 rings (SSSR count). The van der Waals surface area contributed by atoms with Crippen molar-refractivity contribution in [1.29, 1.82) is 0 Å². The molecule has 0 bridgehead atoms. The Balaban J connectivity index is 1.58. The van der Waals surface area contributed by atoms with Crippen molar-refractivity contribution in [3.63, 3.8) is 0 Å². The summed E-state index contributed by atoms with van der Waals surface area (Å²) in [7, 11) is 0. The fourth-order valence-electron chi connectivity index (χ4n) is 2.41. The van der Waals surface area contributed by atoms with E-state index in [-0.39, 0.29) is 11.9 Å². The molecule has 1 fully saturated rings. The summed E-state index contributed by atoms with van der Waals surface area (Å²) >= 11 is 0. The van der Waals surface area contributed by atoms with Gasteiger partial charge in [0.1, 0.15) is 5.69 Å². The molecule has 2 aromatic heterocycles. The van der Waals surface area contributed by atoms with Gasteiger partial charge in [-0.2, -0.15) is 4.98 Å². The summed E-state index contributed by atoms with van der Waals surface area (Å²) < 4.78 is 10.5. The molecule has 7 nitrogen and oxygen atoms in total. The molecule has 22 heavy (non-hydrogen) atoms. The van der Waals surface area contributed by atoms with Gasteiger partial charge in [0.15, 0.2) is 0 Å². The normalized spacial score (nSPS) is 18.4. The van der Waals surface area contributed by atoms with E-state index in [0.29, 0.717) is 50.0 Å². The maximum Gasteiger partial charge on any atom is 0.227 e. The predicted octanol–water partition coefficient (Wildman–Crippen LogP) is 1.31. The van der Waals surface area contributed by atoms with Crippen molar-refractivity contribution in [2.75, 3.05) is 19.8 Å². The Morgan fingerprint density at radius 1 is 1.45 bits per heavy atom. The second-order valence-corrected chi connectivity index (χ2v) is 5.24. The van der Waals surface area contributed by atoms with Crippen molar-refractivity contribution in [3.8, 4) is 11.5 Å². The number of amides is 1. The number of hydrogen-bond donors (Lipinski definition) is 0. The lowest BCUT2D eigenvalue weighted by molar-refractivity contribution is -0.139. The van der Waals surface area contributed by atoms with E-state index in [9.17, 15) is 4.79 Å². The number of aryl methyl sites for hydroxylation is 1. The smallest absolute Gasteiger partial charge is 0.227 e. The first-order valence-corrected chi connectivity index (χ1v) is 7.35. The third-order valence-corrected chi connectivity index (χ3v) is 3.60. The van der Waals surface area contributed by atoms with Gasteiger partial charge in [-0.3, -0.25) is 9.78 Å². The van der Waals surface area contributed by atoms with Crippen LogP contribution in [0.3, 0.4) is 0 Å². The molecule has 0 saturated carbocycles. The zero-order valence-electron chi connectivity index (χ0n) is 12.4. The average Bonchev–Trinajstić information content (AvgIpc) is 3.03. The van der Waals surface area contributed by atoms with Gasteiger partial charge in [-0.1, -0.05) is 11.2 Å². The molecule has 2 aromatic rings. The number of hydrogen-bond acceptors (Lipinski definition) is 6. The lowest BCUT2D eigenvalue weighted by Gasteiger charge is -2.33. The van der Waals surface area contributed by atoms with Crippen LogP contribution in [0.4, 0.5) is 0 Å². The Morgan fingerprint density at radius 2 is 2.36 bits per heavy atom. The first-order valence-electron chi connectivity index (χ1n) is 7.35. The number of carbonyl (C=O) groups is 1. The van der Waals surface area contributed by atoms with Crippen LogP contribution in [0.5, 0.6) is 0 Å². The Morgan fingerprint density at radius 3 is 3.14 bits per heavy atom. The lowest BCUT2D eigenvalue weighted by atomic mass is 10.2. The highest BCUT2D eigenvalue weighted by atomic mass is 16.5. The van der Waals surface area contributed by atoms with Crippen molar-refractivity contribution in [2.45, 2.75) is 25.8 Å². The minimum Gasteiger partial charge on any atom is -0.377 e. The van der Waals surface area contributed by atoms with Crippen molar-refractivity contribution in [3.05, 3.63) is 30.3 Å². The first-order chi connectivity index (χ1) is 10.7. The van der Waals surface area contributed by atoms with Gasteiger partial charge in [-0.15, -0.1) is 0 Å². The molecule has 1 aliphatic heterocycles. The van der Waals surface area contributed by atoms with Gasteiger partial charge < -0.3 is 14.2 Å². The molecule has 1 unspecified atom stereocenters. The van der Waals surface area contributed by atoms with Gasteiger partial charge in [-0.25, -0.2) is 0 Å².